The maximum Gasteiger partial charge on any atom is 0.0288 e. The molecule has 66 valence electrons. The van der Waals surface area contributed by atoms with Crippen LogP contribution in [0.1, 0.15) is 11.1 Å². The van der Waals surface area contributed by atoms with Crippen molar-refractivity contribution in [3.05, 3.63) is 26.8 Å². The van der Waals surface area contributed by atoms with Gasteiger partial charge in [0.1, 0.15) is 0 Å². The fourth-order valence-corrected chi connectivity index (χ4v) is 2.17. The van der Waals surface area contributed by atoms with Gasteiger partial charge in [-0.3, -0.25) is 4.21 Å². The Balaban J connectivity index is 3.36. The van der Waals surface area contributed by atoms with Crippen molar-refractivity contribution in [2.45, 2.75) is 18.7 Å². The van der Waals surface area contributed by atoms with Crippen LogP contribution in [0.4, 0.5) is 0 Å². The van der Waals surface area contributed by atoms with Gasteiger partial charge < -0.3 is 4.55 Å². The minimum Gasteiger partial charge on any atom is -0.768 e. The summed E-state index contributed by atoms with van der Waals surface area (Å²) >= 11 is 0.0406. The Bertz CT molecular complexity index is 336. The Hall–Kier alpha value is 0.0600. The standard InChI is InChI=1S/C8H9IO2S/c1-5-3-4-7(12(10)11)6(2)8(5)9/h3-4H,1-2H3,(H,10,11)/p-1. The largest absolute Gasteiger partial charge is 0.768 e. The van der Waals surface area contributed by atoms with E-state index in [0.717, 1.165) is 14.7 Å². The SMILES string of the molecule is Cc1ccc(S(=O)[O-])c(C)c1I. The van der Waals surface area contributed by atoms with Crippen LogP contribution in [0.2, 0.25) is 0 Å². The predicted octanol–water partition coefficient (Wildman–Crippen LogP) is 2.15. The molecule has 0 saturated carbocycles. The quantitative estimate of drug-likeness (QED) is 0.588. The van der Waals surface area contributed by atoms with Gasteiger partial charge in [-0.1, -0.05) is 6.07 Å². The van der Waals surface area contributed by atoms with Crippen molar-refractivity contribution >= 4 is 33.7 Å². The van der Waals surface area contributed by atoms with Crippen LogP contribution in [-0.2, 0) is 11.1 Å². The number of hydrogen-bond acceptors (Lipinski definition) is 2. The second kappa shape index (κ2) is 3.85. The van der Waals surface area contributed by atoms with E-state index >= 15 is 0 Å². The third-order valence-electron chi connectivity index (χ3n) is 1.71. The van der Waals surface area contributed by atoms with Crippen LogP contribution >= 0.6 is 22.6 Å². The molecule has 1 aromatic rings. The smallest absolute Gasteiger partial charge is 0.0288 e. The number of benzene rings is 1. The van der Waals surface area contributed by atoms with E-state index in [9.17, 15) is 8.76 Å². The molecule has 1 unspecified atom stereocenters. The third kappa shape index (κ3) is 1.86. The average molecular weight is 295 g/mol. The molecule has 0 saturated heterocycles. The molecule has 12 heavy (non-hydrogen) atoms. The molecule has 1 aromatic carbocycles. The number of hydrogen-bond donors (Lipinski definition) is 0. The van der Waals surface area contributed by atoms with E-state index in [4.69, 9.17) is 0 Å². The predicted molar refractivity (Wildman–Crippen MR) is 55.8 cm³/mol. The molecule has 4 heteroatoms. The lowest BCUT2D eigenvalue weighted by molar-refractivity contribution is 0.536. The molecule has 0 fully saturated rings. The van der Waals surface area contributed by atoms with Gasteiger partial charge in [0, 0.05) is 8.47 Å². The van der Waals surface area contributed by atoms with Crippen molar-refractivity contribution in [2.75, 3.05) is 0 Å². The molecule has 0 aromatic heterocycles. The number of rotatable bonds is 1. The van der Waals surface area contributed by atoms with Crippen molar-refractivity contribution < 1.29 is 8.76 Å². The van der Waals surface area contributed by atoms with E-state index in [2.05, 4.69) is 22.6 Å². The first-order valence-electron chi connectivity index (χ1n) is 3.39. The van der Waals surface area contributed by atoms with Crippen LogP contribution in [0, 0.1) is 17.4 Å². The summed E-state index contributed by atoms with van der Waals surface area (Å²) in [7, 11) is 0. The van der Waals surface area contributed by atoms with Crippen molar-refractivity contribution in [1.82, 2.24) is 0 Å². The van der Waals surface area contributed by atoms with Gasteiger partial charge in [-0.2, -0.15) is 0 Å². The van der Waals surface area contributed by atoms with Crippen LogP contribution in [-0.4, -0.2) is 8.76 Å². The van der Waals surface area contributed by atoms with Gasteiger partial charge in [-0.05, 0) is 64.7 Å². The van der Waals surface area contributed by atoms with Gasteiger partial charge in [-0.15, -0.1) is 0 Å². The molecule has 0 N–H and O–H groups in total. The van der Waals surface area contributed by atoms with Gasteiger partial charge in [0.15, 0.2) is 0 Å². The molecule has 0 heterocycles. The average Bonchev–Trinajstić information content (AvgIpc) is 2.00. The molecule has 1 rings (SSSR count). The molecule has 0 aliphatic heterocycles. The summed E-state index contributed by atoms with van der Waals surface area (Å²) in [6.45, 7) is 3.78. The van der Waals surface area contributed by atoms with Gasteiger partial charge >= 0.3 is 0 Å². The zero-order valence-electron chi connectivity index (χ0n) is 6.76. The van der Waals surface area contributed by atoms with E-state index in [0.29, 0.717) is 4.90 Å². The maximum absolute atomic E-state index is 10.7. The fraction of sp³-hybridized carbons (Fsp3) is 0.250. The van der Waals surface area contributed by atoms with E-state index in [1.807, 2.05) is 19.9 Å². The lowest BCUT2D eigenvalue weighted by Crippen LogP contribution is -1.96. The molecule has 0 spiro atoms. The Kier molecular flexibility index (Phi) is 3.25. The Labute approximate surface area is 87.8 Å². The lowest BCUT2D eigenvalue weighted by Gasteiger charge is -2.11. The highest BCUT2D eigenvalue weighted by atomic mass is 127. The fourth-order valence-electron chi connectivity index (χ4n) is 0.983. The first kappa shape index (κ1) is 10.1. The van der Waals surface area contributed by atoms with Crippen molar-refractivity contribution in [3.63, 3.8) is 0 Å². The van der Waals surface area contributed by atoms with Gasteiger partial charge in [0.2, 0.25) is 0 Å². The summed E-state index contributed by atoms with van der Waals surface area (Å²) in [6.07, 6.45) is 0. The lowest BCUT2D eigenvalue weighted by atomic mass is 10.2. The molecule has 0 aliphatic carbocycles. The number of aryl methyl sites for hydroxylation is 1. The minimum absolute atomic E-state index is 0.394. The highest BCUT2D eigenvalue weighted by Gasteiger charge is 2.04. The first-order chi connectivity index (χ1) is 5.54. The second-order valence-electron chi connectivity index (χ2n) is 2.55. The normalized spacial score (nSPS) is 13.0. The summed E-state index contributed by atoms with van der Waals surface area (Å²) in [4.78, 5) is 0.394. The molecule has 0 aliphatic rings. The Morgan fingerprint density at radius 1 is 1.42 bits per heavy atom. The zero-order chi connectivity index (χ0) is 9.30. The molecule has 0 radical (unpaired) electrons. The molecular weight excluding hydrogens is 287 g/mol. The zero-order valence-corrected chi connectivity index (χ0v) is 9.73. The van der Waals surface area contributed by atoms with Crippen LogP contribution in [0.25, 0.3) is 0 Å². The van der Waals surface area contributed by atoms with Gasteiger partial charge in [0.05, 0.1) is 0 Å². The first-order valence-corrected chi connectivity index (χ1v) is 5.54. The second-order valence-corrected chi connectivity index (χ2v) is 4.54. The third-order valence-corrected chi connectivity index (χ3v) is 4.17. The van der Waals surface area contributed by atoms with E-state index in [1.165, 1.54) is 0 Å². The van der Waals surface area contributed by atoms with Crippen LogP contribution in [0.15, 0.2) is 17.0 Å². The molecule has 1 atom stereocenters. The van der Waals surface area contributed by atoms with Gasteiger partial charge in [0.25, 0.3) is 0 Å². The molecule has 2 nitrogen and oxygen atoms in total. The monoisotopic (exact) mass is 295 g/mol. The Morgan fingerprint density at radius 2 is 2.00 bits per heavy atom. The Morgan fingerprint density at radius 3 is 2.50 bits per heavy atom. The van der Waals surface area contributed by atoms with Crippen molar-refractivity contribution in [2.24, 2.45) is 0 Å². The topological polar surface area (TPSA) is 40.1 Å². The van der Waals surface area contributed by atoms with Crippen LogP contribution in [0.5, 0.6) is 0 Å². The minimum atomic E-state index is -2.11. The summed E-state index contributed by atoms with van der Waals surface area (Å²) in [6, 6.07) is 3.45. The van der Waals surface area contributed by atoms with Crippen molar-refractivity contribution in [3.8, 4) is 0 Å². The number of halogens is 1. The highest BCUT2D eigenvalue weighted by molar-refractivity contribution is 14.1. The summed E-state index contributed by atoms with van der Waals surface area (Å²) < 4.78 is 22.4. The summed E-state index contributed by atoms with van der Waals surface area (Å²) in [5.41, 5.74) is 1.95. The maximum atomic E-state index is 10.7. The van der Waals surface area contributed by atoms with Gasteiger partial charge in [-0.25, -0.2) is 0 Å². The molecular formula is C8H8IO2S-. The van der Waals surface area contributed by atoms with E-state index < -0.39 is 11.1 Å². The van der Waals surface area contributed by atoms with Crippen LogP contribution in [0.3, 0.4) is 0 Å². The molecule has 0 bridgehead atoms. The molecule has 0 amide bonds. The summed E-state index contributed by atoms with van der Waals surface area (Å²) in [5, 5.41) is 0. The van der Waals surface area contributed by atoms with Crippen molar-refractivity contribution in [1.29, 1.82) is 0 Å². The highest BCUT2D eigenvalue weighted by Crippen LogP contribution is 2.21. The van der Waals surface area contributed by atoms with Crippen LogP contribution < -0.4 is 0 Å². The summed E-state index contributed by atoms with van der Waals surface area (Å²) in [5.74, 6) is 0. The van der Waals surface area contributed by atoms with E-state index in [1.54, 1.807) is 6.07 Å². The van der Waals surface area contributed by atoms with E-state index in [-0.39, 0.29) is 0 Å².